The van der Waals surface area contributed by atoms with Gasteiger partial charge in [0.2, 0.25) is 5.89 Å². The van der Waals surface area contributed by atoms with Gasteiger partial charge in [0.1, 0.15) is 16.7 Å². The zero-order valence-corrected chi connectivity index (χ0v) is 28.5. The SMILES string of the molecule is c1ccc(-c2nc3ccc4cc(-c5cccc6ccccc56)c5ccc(N(c6ccccc6)c6ccc7oc8ccccc8c7c6)cc5c4c3o2)cc1. The number of oxazole rings is 1. The van der Waals surface area contributed by atoms with Crippen LogP contribution in [0.3, 0.4) is 0 Å². The number of rotatable bonds is 5. The summed E-state index contributed by atoms with van der Waals surface area (Å²) in [5.41, 5.74) is 9.83. The fourth-order valence-corrected chi connectivity index (χ4v) is 8.02. The molecule has 0 bridgehead atoms. The maximum absolute atomic E-state index is 6.71. The molecule has 11 aromatic rings. The van der Waals surface area contributed by atoms with E-state index in [4.69, 9.17) is 13.8 Å². The second kappa shape index (κ2) is 11.7. The Hall–Kier alpha value is -7.17. The fraction of sp³-hybridized carbons (Fsp3) is 0. The quantitative estimate of drug-likeness (QED) is 0.170. The van der Waals surface area contributed by atoms with E-state index in [0.29, 0.717) is 5.89 Å². The topological polar surface area (TPSA) is 42.4 Å². The number of hydrogen-bond acceptors (Lipinski definition) is 4. The molecule has 2 heterocycles. The fourth-order valence-electron chi connectivity index (χ4n) is 8.02. The highest BCUT2D eigenvalue weighted by molar-refractivity contribution is 6.23. The minimum atomic E-state index is 0.613. The second-order valence-corrected chi connectivity index (χ2v) is 13.5. The molecule has 11 rings (SSSR count). The van der Waals surface area contributed by atoms with E-state index in [2.05, 4.69) is 144 Å². The molecule has 0 aliphatic heterocycles. The van der Waals surface area contributed by atoms with E-state index in [1.165, 1.54) is 21.9 Å². The average molecular weight is 679 g/mol. The third kappa shape index (κ3) is 4.73. The van der Waals surface area contributed by atoms with Crippen LogP contribution in [-0.2, 0) is 0 Å². The number of hydrogen-bond donors (Lipinski definition) is 0. The van der Waals surface area contributed by atoms with Crippen LogP contribution in [0, 0.1) is 0 Å². The van der Waals surface area contributed by atoms with Crippen LogP contribution >= 0.6 is 0 Å². The Kier molecular flexibility index (Phi) is 6.52. The van der Waals surface area contributed by atoms with Crippen molar-refractivity contribution in [1.82, 2.24) is 4.98 Å². The molecule has 0 aliphatic carbocycles. The van der Waals surface area contributed by atoms with Crippen LogP contribution in [0.4, 0.5) is 17.1 Å². The van der Waals surface area contributed by atoms with E-state index in [9.17, 15) is 0 Å². The van der Waals surface area contributed by atoms with Gasteiger partial charge in [0.05, 0.1) is 0 Å². The van der Waals surface area contributed by atoms with E-state index < -0.39 is 0 Å². The zero-order valence-electron chi connectivity index (χ0n) is 28.5. The maximum Gasteiger partial charge on any atom is 0.227 e. The highest BCUT2D eigenvalue weighted by atomic mass is 16.3. The van der Waals surface area contributed by atoms with E-state index in [1.807, 2.05) is 42.5 Å². The molecule has 4 heteroatoms. The summed E-state index contributed by atoms with van der Waals surface area (Å²) in [7, 11) is 0. The maximum atomic E-state index is 6.71. The van der Waals surface area contributed by atoms with Crippen molar-refractivity contribution in [2.45, 2.75) is 0 Å². The van der Waals surface area contributed by atoms with Crippen LogP contribution in [0.5, 0.6) is 0 Å². The van der Waals surface area contributed by atoms with Crippen LogP contribution in [0.25, 0.3) is 87.9 Å². The number of anilines is 3. The first kappa shape index (κ1) is 29.5. The first-order valence-corrected chi connectivity index (χ1v) is 17.9. The highest BCUT2D eigenvalue weighted by Crippen LogP contribution is 2.45. The van der Waals surface area contributed by atoms with Crippen molar-refractivity contribution in [2.75, 3.05) is 4.90 Å². The van der Waals surface area contributed by atoms with E-state index in [0.717, 1.165) is 77.2 Å². The average Bonchev–Trinajstić information content (AvgIpc) is 3.83. The molecule has 53 heavy (non-hydrogen) atoms. The molecule has 0 radical (unpaired) electrons. The number of benzene rings is 9. The third-order valence-electron chi connectivity index (χ3n) is 10.4. The molecule has 0 saturated heterocycles. The van der Waals surface area contributed by atoms with Gasteiger partial charge in [-0.2, -0.15) is 0 Å². The van der Waals surface area contributed by atoms with Crippen molar-refractivity contribution < 1.29 is 8.83 Å². The zero-order chi connectivity index (χ0) is 34.9. The first-order chi connectivity index (χ1) is 26.3. The Bertz CT molecular complexity index is 3170. The Morgan fingerprint density at radius 2 is 1.09 bits per heavy atom. The smallest absolute Gasteiger partial charge is 0.227 e. The summed E-state index contributed by atoms with van der Waals surface area (Å²) >= 11 is 0. The van der Waals surface area contributed by atoms with Gasteiger partial charge in [-0.05, 0) is 111 Å². The van der Waals surface area contributed by atoms with Gasteiger partial charge in [-0.3, -0.25) is 0 Å². The Balaban J connectivity index is 1.22. The lowest BCUT2D eigenvalue weighted by molar-refractivity contribution is 0.623. The molecule has 0 aliphatic rings. The summed E-state index contributed by atoms with van der Waals surface area (Å²) in [5, 5.41) is 9.00. The monoisotopic (exact) mass is 678 g/mol. The van der Waals surface area contributed by atoms with Gasteiger partial charge >= 0.3 is 0 Å². The summed E-state index contributed by atoms with van der Waals surface area (Å²) in [6.07, 6.45) is 0. The molecule has 0 spiro atoms. The molecule has 0 amide bonds. The van der Waals surface area contributed by atoms with Crippen LogP contribution in [0.2, 0.25) is 0 Å². The Labute approximate surface area is 304 Å². The second-order valence-electron chi connectivity index (χ2n) is 13.5. The van der Waals surface area contributed by atoms with Gasteiger partial charge in [0.15, 0.2) is 5.58 Å². The molecule has 0 saturated carbocycles. The van der Waals surface area contributed by atoms with Crippen molar-refractivity contribution in [3.63, 3.8) is 0 Å². The summed E-state index contributed by atoms with van der Waals surface area (Å²) in [5.74, 6) is 0.613. The lowest BCUT2D eigenvalue weighted by atomic mass is 9.90. The normalized spacial score (nSPS) is 11.8. The molecule has 2 aromatic heterocycles. The van der Waals surface area contributed by atoms with Crippen LogP contribution in [0.15, 0.2) is 191 Å². The van der Waals surface area contributed by atoms with Crippen LogP contribution in [-0.4, -0.2) is 4.98 Å². The molecular weight excluding hydrogens is 649 g/mol. The molecular formula is C49H30N2O2. The van der Waals surface area contributed by atoms with Gasteiger partial charge in [0, 0.05) is 38.8 Å². The number of aromatic nitrogens is 1. The van der Waals surface area contributed by atoms with Gasteiger partial charge in [-0.1, -0.05) is 109 Å². The Morgan fingerprint density at radius 1 is 0.396 bits per heavy atom. The number of nitrogens with zero attached hydrogens (tertiary/aromatic N) is 2. The minimum absolute atomic E-state index is 0.613. The van der Waals surface area contributed by atoms with E-state index >= 15 is 0 Å². The van der Waals surface area contributed by atoms with E-state index in [-0.39, 0.29) is 0 Å². The lowest BCUT2D eigenvalue weighted by Gasteiger charge is -2.26. The van der Waals surface area contributed by atoms with Crippen molar-refractivity contribution in [3.8, 4) is 22.6 Å². The van der Waals surface area contributed by atoms with Crippen LogP contribution in [0.1, 0.15) is 0 Å². The van der Waals surface area contributed by atoms with Gasteiger partial charge < -0.3 is 13.7 Å². The molecule has 4 nitrogen and oxygen atoms in total. The van der Waals surface area contributed by atoms with Gasteiger partial charge in [-0.25, -0.2) is 4.98 Å². The van der Waals surface area contributed by atoms with Crippen molar-refractivity contribution in [1.29, 1.82) is 0 Å². The molecule has 0 fully saturated rings. The predicted octanol–water partition coefficient (Wildman–Crippen LogP) is 14.0. The third-order valence-corrected chi connectivity index (χ3v) is 10.4. The number of fused-ring (bicyclic) bond motifs is 9. The standard InChI is InChI=1S/C49H30N2O2/c1-3-13-32(14-4-1)49-50-44-26-22-33-28-41(38-20-11-15-31-12-7-8-18-37(31)38)39-25-23-35(30-43(39)47(33)48(44)53-49)51(34-16-5-2-6-17-34)36-24-27-46-42(29-36)40-19-9-10-21-45(40)52-46/h1-30H. The van der Waals surface area contributed by atoms with Crippen molar-refractivity contribution in [3.05, 3.63) is 182 Å². The largest absolute Gasteiger partial charge is 0.456 e. The summed E-state index contributed by atoms with van der Waals surface area (Å²) < 4.78 is 12.9. The highest BCUT2D eigenvalue weighted by Gasteiger charge is 2.20. The Morgan fingerprint density at radius 3 is 1.96 bits per heavy atom. The molecule has 248 valence electrons. The summed E-state index contributed by atoms with van der Waals surface area (Å²) in [6, 6.07) is 64.0. The first-order valence-electron chi connectivity index (χ1n) is 17.9. The van der Waals surface area contributed by atoms with Crippen molar-refractivity contribution >= 4 is 82.4 Å². The minimum Gasteiger partial charge on any atom is -0.456 e. The molecule has 0 unspecified atom stereocenters. The van der Waals surface area contributed by atoms with Crippen molar-refractivity contribution in [2.24, 2.45) is 0 Å². The van der Waals surface area contributed by atoms with Gasteiger partial charge in [0.25, 0.3) is 0 Å². The summed E-state index contributed by atoms with van der Waals surface area (Å²) in [6.45, 7) is 0. The molecule has 0 N–H and O–H groups in total. The summed E-state index contributed by atoms with van der Waals surface area (Å²) in [4.78, 5) is 7.30. The van der Waals surface area contributed by atoms with Gasteiger partial charge in [-0.15, -0.1) is 0 Å². The number of para-hydroxylation sites is 2. The lowest BCUT2D eigenvalue weighted by Crippen LogP contribution is -2.09. The number of furan rings is 1. The predicted molar refractivity (Wildman–Crippen MR) is 219 cm³/mol. The molecule has 0 atom stereocenters. The van der Waals surface area contributed by atoms with Crippen LogP contribution < -0.4 is 4.90 Å². The molecule has 9 aromatic carbocycles. The van der Waals surface area contributed by atoms with E-state index in [1.54, 1.807) is 0 Å².